The van der Waals surface area contributed by atoms with E-state index < -0.39 is 0 Å². The number of hydrogen-bond acceptors (Lipinski definition) is 3. The van der Waals surface area contributed by atoms with Gasteiger partial charge in [-0.15, -0.1) is 0 Å². The molecule has 0 bridgehead atoms. The predicted octanol–water partition coefficient (Wildman–Crippen LogP) is 1.79. The maximum absolute atomic E-state index is 12.8. The van der Waals surface area contributed by atoms with Crippen molar-refractivity contribution in [2.45, 2.75) is 83.8 Å². The Morgan fingerprint density at radius 2 is 1.73 bits per heavy atom. The average Bonchev–Trinajstić information content (AvgIpc) is 3.05. The summed E-state index contributed by atoms with van der Waals surface area (Å²) >= 11 is 0. The number of aliphatic hydroxyl groups excluding tert-OH is 1. The van der Waals surface area contributed by atoms with Crippen molar-refractivity contribution in [3.8, 4) is 0 Å². The molecule has 1 heterocycles. The van der Waals surface area contributed by atoms with Crippen molar-refractivity contribution >= 4 is 5.91 Å². The molecule has 170 valence electrons. The van der Waals surface area contributed by atoms with E-state index in [1.807, 2.05) is 0 Å². The highest BCUT2D eigenvalue weighted by Crippen LogP contribution is 2.66. The van der Waals surface area contributed by atoms with Gasteiger partial charge in [0, 0.05) is 6.04 Å². The SMILES string of the molecule is CC12CCC3C(CC[C@H]4CC(O)CCC34C)C1CCC2NC(=O)C[NH+]1CCOCC1. The van der Waals surface area contributed by atoms with Gasteiger partial charge >= 0.3 is 0 Å². The fraction of sp³-hybridized carbons (Fsp3) is 0.960. The number of fused-ring (bicyclic) bond motifs is 5. The molecule has 5 heteroatoms. The van der Waals surface area contributed by atoms with E-state index in [9.17, 15) is 9.90 Å². The third-order valence-corrected chi connectivity index (χ3v) is 10.6. The molecule has 4 aliphatic carbocycles. The normalized spacial score (nSPS) is 49.0. The summed E-state index contributed by atoms with van der Waals surface area (Å²) in [5, 5.41) is 13.7. The Morgan fingerprint density at radius 1 is 1.00 bits per heavy atom. The predicted molar refractivity (Wildman–Crippen MR) is 116 cm³/mol. The summed E-state index contributed by atoms with van der Waals surface area (Å²) in [5.41, 5.74) is 0.707. The molecular formula is C25H43N2O3+. The van der Waals surface area contributed by atoms with Crippen LogP contribution in [-0.4, -0.2) is 56.0 Å². The van der Waals surface area contributed by atoms with Crippen molar-refractivity contribution in [3.63, 3.8) is 0 Å². The van der Waals surface area contributed by atoms with E-state index >= 15 is 0 Å². The minimum absolute atomic E-state index is 0.0619. The summed E-state index contributed by atoms with van der Waals surface area (Å²) in [7, 11) is 0. The van der Waals surface area contributed by atoms with Crippen molar-refractivity contribution in [2.24, 2.45) is 34.5 Å². The fourth-order valence-electron chi connectivity index (χ4n) is 8.78. The van der Waals surface area contributed by atoms with Crippen LogP contribution in [0.4, 0.5) is 0 Å². The van der Waals surface area contributed by atoms with Gasteiger partial charge in [0.15, 0.2) is 6.54 Å². The minimum atomic E-state index is -0.0619. The Bertz CT molecular complexity index is 650. The highest BCUT2D eigenvalue weighted by Gasteiger charge is 2.60. The molecule has 0 aromatic heterocycles. The average molecular weight is 420 g/mol. The third-order valence-electron chi connectivity index (χ3n) is 10.6. The molecule has 8 atom stereocenters. The molecule has 0 spiro atoms. The molecule has 5 rings (SSSR count). The smallest absolute Gasteiger partial charge is 0.275 e. The zero-order valence-corrected chi connectivity index (χ0v) is 19.1. The zero-order valence-electron chi connectivity index (χ0n) is 19.1. The maximum atomic E-state index is 12.8. The molecule has 0 radical (unpaired) electrons. The summed E-state index contributed by atoms with van der Waals surface area (Å²) in [4.78, 5) is 14.2. The Labute approximate surface area is 182 Å². The van der Waals surface area contributed by atoms with Gasteiger partial charge in [-0.2, -0.15) is 0 Å². The Balaban J connectivity index is 1.25. The lowest BCUT2D eigenvalue weighted by molar-refractivity contribution is -0.900. The van der Waals surface area contributed by atoms with Crippen LogP contribution in [-0.2, 0) is 9.53 Å². The number of hydrogen-bond donors (Lipinski definition) is 3. The van der Waals surface area contributed by atoms with Crippen LogP contribution in [0.25, 0.3) is 0 Å². The Morgan fingerprint density at radius 3 is 2.53 bits per heavy atom. The summed E-state index contributed by atoms with van der Waals surface area (Å²) in [6.45, 7) is 9.13. The molecule has 1 amide bonds. The molecular weight excluding hydrogens is 376 g/mol. The largest absolute Gasteiger partial charge is 0.393 e. The van der Waals surface area contributed by atoms with Crippen LogP contribution in [0, 0.1) is 34.5 Å². The van der Waals surface area contributed by atoms with Crippen LogP contribution >= 0.6 is 0 Å². The summed E-state index contributed by atoms with van der Waals surface area (Å²) < 4.78 is 5.44. The van der Waals surface area contributed by atoms with E-state index in [-0.39, 0.29) is 17.4 Å². The zero-order chi connectivity index (χ0) is 20.9. The van der Waals surface area contributed by atoms with E-state index in [4.69, 9.17) is 4.74 Å². The van der Waals surface area contributed by atoms with Crippen molar-refractivity contribution in [1.82, 2.24) is 5.32 Å². The molecule has 5 fully saturated rings. The standard InChI is InChI=1S/C25H42N2O3/c1-24-9-7-18(28)15-17(24)3-4-19-20-5-6-22(25(20,2)10-8-21(19)24)26-23(29)16-27-11-13-30-14-12-27/h17-22,28H,3-16H2,1-2H3,(H,26,29)/p+1/t17-,18?,19?,20?,21?,22?,24?,25?/m0/s1. The lowest BCUT2D eigenvalue weighted by Crippen LogP contribution is -3.15. The van der Waals surface area contributed by atoms with E-state index in [0.717, 1.165) is 69.2 Å². The van der Waals surface area contributed by atoms with Gasteiger partial charge < -0.3 is 20.1 Å². The number of aliphatic hydroxyl groups is 1. The number of carbonyl (C=O) groups is 1. The molecule has 5 aliphatic rings. The van der Waals surface area contributed by atoms with Crippen LogP contribution < -0.4 is 10.2 Å². The molecule has 30 heavy (non-hydrogen) atoms. The van der Waals surface area contributed by atoms with Crippen LogP contribution in [0.1, 0.15) is 71.6 Å². The van der Waals surface area contributed by atoms with E-state index in [1.54, 1.807) is 0 Å². The van der Waals surface area contributed by atoms with E-state index in [0.29, 0.717) is 18.0 Å². The Hall–Kier alpha value is -0.650. The van der Waals surface area contributed by atoms with Gasteiger partial charge in [0.2, 0.25) is 0 Å². The second kappa shape index (κ2) is 8.04. The quantitative estimate of drug-likeness (QED) is 0.654. The first-order chi connectivity index (χ1) is 14.4. The highest BCUT2D eigenvalue weighted by atomic mass is 16.5. The number of ether oxygens (including phenoxy) is 1. The van der Waals surface area contributed by atoms with Gasteiger partial charge in [0.1, 0.15) is 13.1 Å². The lowest BCUT2D eigenvalue weighted by Gasteiger charge is -2.60. The molecule has 1 aliphatic heterocycles. The van der Waals surface area contributed by atoms with Crippen LogP contribution in [0.15, 0.2) is 0 Å². The molecule has 5 nitrogen and oxygen atoms in total. The summed E-state index contributed by atoms with van der Waals surface area (Å²) in [6, 6.07) is 0.357. The van der Waals surface area contributed by atoms with Gasteiger partial charge in [0.25, 0.3) is 5.91 Å². The number of amides is 1. The first kappa shape index (κ1) is 21.2. The van der Waals surface area contributed by atoms with Crippen LogP contribution in [0.5, 0.6) is 0 Å². The van der Waals surface area contributed by atoms with E-state index in [2.05, 4.69) is 19.2 Å². The number of carbonyl (C=O) groups excluding carboxylic acids is 1. The highest BCUT2D eigenvalue weighted by molar-refractivity contribution is 5.77. The van der Waals surface area contributed by atoms with Crippen molar-refractivity contribution in [2.75, 3.05) is 32.8 Å². The summed E-state index contributed by atoms with van der Waals surface area (Å²) in [6.07, 6.45) is 10.9. The number of quaternary nitrogens is 1. The van der Waals surface area contributed by atoms with Crippen LogP contribution in [0.2, 0.25) is 0 Å². The lowest BCUT2D eigenvalue weighted by atomic mass is 9.45. The second-order valence-electron chi connectivity index (χ2n) is 11.9. The van der Waals surface area contributed by atoms with E-state index in [1.165, 1.54) is 43.4 Å². The van der Waals surface area contributed by atoms with Gasteiger partial charge in [-0.3, -0.25) is 4.79 Å². The van der Waals surface area contributed by atoms with Crippen molar-refractivity contribution < 1.29 is 19.5 Å². The van der Waals surface area contributed by atoms with Gasteiger partial charge in [0.05, 0.1) is 19.3 Å². The molecule has 1 saturated heterocycles. The molecule has 4 saturated carbocycles. The maximum Gasteiger partial charge on any atom is 0.275 e. The number of nitrogens with one attached hydrogen (secondary N) is 2. The van der Waals surface area contributed by atoms with Gasteiger partial charge in [-0.05, 0) is 92.3 Å². The van der Waals surface area contributed by atoms with Crippen LogP contribution in [0.3, 0.4) is 0 Å². The molecule has 0 aromatic carbocycles. The van der Waals surface area contributed by atoms with Crippen molar-refractivity contribution in [1.29, 1.82) is 0 Å². The monoisotopic (exact) mass is 419 g/mol. The van der Waals surface area contributed by atoms with Gasteiger partial charge in [-0.25, -0.2) is 0 Å². The topological polar surface area (TPSA) is 63.0 Å². The first-order valence-corrected chi connectivity index (χ1v) is 12.8. The molecule has 3 N–H and O–H groups in total. The Kier molecular flexibility index (Phi) is 5.69. The van der Waals surface area contributed by atoms with Gasteiger partial charge in [-0.1, -0.05) is 13.8 Å². The van der Waals surface area contributed by atoms with Crippen molar-refractivity contribution in [3.05, 3.63) is 0 Å². The number of morpholine rings is 1. The number of rotatable bonds is 3. The fourth-order valence-corrected chi connectivity index (χ4v) is 8.78. The second-order valence-corrected chi connectivity index (χ2v) is 11.9. The minimum Gasteiger partial charge on any atom is -0.393 e. The summed E-state index contributed by atoms with van der Waals surface area (Å²) in [5.74, 6) is 3.39. The first-order valence-electron chi connectivity index (χ1n) is 12.8. The third kappa shape index (κ3) is 3.53. The molecule has 0 aromatic rings. The molecule has 7 unspecified atom stereocenters.